The van der Waals surface area contributed by atoms with Gasteiger partial charge < -0.3 is 15.5 Å². The number of anilines is 2. The molecule has 122 valence electrons. The Hall–Kier alpha value is -2.49. The van der Waals surface area contributed by atoms with Crippen LogP contribution < -0.4 is 15.5 Å². The molecule has 0 saturated carbocycles. The number of nitrogens with zero attached hydrogens (tertiary/aromatic N) is 1. The molecule has 2 N–H and O–H groups in total. The van der Waals surface area contributed by atoms with Gasteiger partial charge in [-0.1, -0.05) is 30.3 Å². The first-order chi connectivity index (χ1) is 11.1. The topological polar surface area (TPSA) is 44.4 Å². The van der Waals surface area contributed by atoms with Crippen molar-refractivity contribution in [2.45, 2.75) is 20.3 Å². The van der Waals surface area contributed by atoms with E-state index in [1.54, 1.807) is 0 Å². The van der Waals surface area contributed by atoms with Gasteiger partial charge in [0.1, 0.15) is 0 Å². The van der Waals surface area contributed by atoms with E-state index < -0.39 is 0 Å². The number of nitrogens with one attached hydrogen (secondary N) is 2. The van der Waals surface area contributed by atoms with Gasteiger partial charge in [-0.15, -0.1) is 0 Å². The molecule has 0 aliphatic carbocycles. The number of hydrogen-bond acceptors (Lipinski definition) is 2. The van der Waals surface area contributed by atoms with Crippen LogP contribution in [0.5, 0.6) is 0 Å². The van der Waals surface area contributed by atoms with E-state index in [2.05, 4.69) is 34.7 Å². The van der Waals surface area contributed by atoms with Gasteiger partial charge >= 0.3 is 6.03 Å². The maximum Gasteiger partial charge on any atom is 0.319 e. The molecule has 0 aliphatic rings. The second-order valence-electron chi connectivity index (χ2n) is 5.74. The maximum absolute atomic E-state index is 12.0. The molecule has 2 rings (SSSR count). The van der Waals surface area contributed by atoms with Crippen LogP contribution in [0.4, 0.5) is 16.2 Å². The Balaban J connectivity index is 1.72. The summed E-state index contributed by atoms with van der Waals surface area (Å²) >= 11 is 0. The van der Waals surface area contributed by atoms with Gasteiger partial charge in [-0.2, -0.15) is 0 Å². The summed E-state index contributed by atoms with van der Waals surface area (Å²) in [5.41, 5.74) is 4.33. The molecule has 0 heterocycles. The molecule has 0 fully saturated rings. The predicted octanol–water partition coefficient (Wildman–Crippen LogP) is 3.95. The zero-order chi connectivity index (χ0) is 16.7. The number of rotatable bonds is 6. The molecule has 0 aromatic heterocycles. The van der Waals surface area contributed by atoms with E-state index in [0.717, 1.165) is 24.2 Å². The van der Waals surface area contributed by atoms with Gasteiger partial charge in [0.05, 0.1) is 0 Å². The summed E-state index contributed by atoms with van der Waals surface area (Å²) < 4.78 is 0. The van der Waals surface area contributed by atoms with Gasteiger partial charge in [0.2, 0.25) is 0 Å². The molecule has 23 heavy (non-hydrogen) atoms. The lowest BCUT2D eigenvalue weighted by Crippen LogP contribution is -2.31. The highest BCUT2D eigenvalue weighted by atomic mass is 16.2. The van der Waals surface area contributed by atoms with E-state index in [-0.39, 0.29) is 6.03 Å². The largest absolute Gasteiger partial charge is 0.375 e. The molecule has 0 saturated heterocycles. The van der Waals surface area contributed by atoms with E-state index in [0.29, 0.717) is 6.54 Å². The van der Waals surface area contributed by atoms with Gasteiger partial charge in [0.15, 0.2) is 0 Å². The fraction of sp³-hybridized carbons (Fsp3) is 0.316. The number of carbonyl (C=O) groups excluding carboxylic acids is 1. The van der Waals surface area contributed by atoms with Crippen molar-refractivity contribution in [3.63, 3.8) is 0 Å². The minimum absolute atomic E-state index is 0.152. The van der Waals surface area contributed by atoms with Crippen LogP contribution in [-0.4, -0.2) is 26.2 Å². The normalized spacial score (nSPS) is 10.2. The molecule has 4 nitrogen and oxygen atoms in total. The van der Waals surface area contributed by atoms with E-state index in [9.17, 15) is 4.79 Å². The number of carbonyl (C=O) groups is 1. The molecule has 2 aromatic carbocycles. The van der Waals surface area contributed by atoms with E-state index in [1.807, 2.05) is 50.2 Å². The summed E-state index contributed by atoms with van der Waals surface area (Å²) in [6, 6.07) is 16.0. The van der Waals surface area contributed by atoms with E-state index in [4.69, 9.17) is 0 Å². The second kappa shape index (κ2) is 8.22. The fourth-order valence-electron chi connectivity index (χ4n) is 2.38. The molecule has 0 spiro atoms. The molecule has 4 heteroatoms. The smallest absolute Gasteiger partial charge is 0.319 e. The lowest BCUT2D eigenvalue weighted by Gasteiger charge is -2.19. The van der Waals surface area contributed by atoms with Crippen molar-refractivity contribution in [2.24, 2.45) is 0 Å². The zero-order valence-corrected chi connectivity index (χ0v) is 14.1. The highest BCUT2D eigenvalue weighted by Gasteiger charge is 2.05. The summed E-state index contributed by atoms with van der Waals surface area (Å²) in [6.07, 6.45) is 0.894. The number of para-hydroxylation sites is 1. The Morgan fingerprint density at radius 3 is 2.52 bits per heavy atom. The van der Waals surface area contributed by atoms with E-state index in [1.165, 1.54) is 11.3 Å². The van der Waals surface area contributed by atoms with Crippen LogP contribution in [0.2, 0.25) is 0 Å². The van der Waals surface area contributed by atoms with Crippen LogP contribution in [-0.2, 0) is 0 Å². The number of aryl methyl sites for hydroxylation is 1. The Morgan fingerprint density at radius 2 is 1.78 bits per heavy atom. The molecule has 0 atom stereocenters. The lowest BCUT2D eigenvalue weighted by atomic mass is 10.1. The summed E-state index contributed by atoms with van der Waals surface area (Å²) in [6.45, 7) is 5.60. The first-order valence-electron chi connectivity index (χ1n) is 7.95. The molecule has 2 aromatic rings. The van der Waals surface area contributed by atoms with Gasteiger partial charge in [0, 0.05) is 31.5 Å². The van der Waals surface area contributed by atoms with Crippen LogP contribution in [0, 0.1) is 13.8 Å². The Kier molecular flexibility index (Phi) is 6.03. The van der Waals surface area contributed by atoms with Crippen LogP contribution in [0.3, 0.4) is 0 Å². The Labute approximate surface area is 138 Å². The third-order valence-electron chi connectivity index (χ3n) is 4.01. The van der Waals surface area contributed by atoms with Crippen molar-refractivity contribution in [1.29, 1.82) is 0 Å². The first-order valence-corrected chi connectivity index (χ1v) is 7.95. The van der Waals surface area contributed by atoms with Gasteiger partial charge in [-0.3, -0.25) is 0 Å². The molecule has 0 unspecified atom stereocenters. The zero-order valence-electron chi connectivity index (χ0n) is 14.1. The lowest BCUT2D eigenvalue weighted by molar-refractivity contribution is 0.252. The summed E-state index contributed by atoms with van der Waals surface area (Å²) in [7, 11) is 2.06. The summed E-state index contributed by atoms with van der Waals surface area (Å²) in [4.78, 5) is 14.1. The monoisotopic (exact) mass is 311 g/mol. The molecular formula is C19H25N3O. The summed E-state index contributed by atoms with van der Waals surface area (Å²) in [5.74, 6) is 0. The average Bonchev–Trinajstić information content (AvgIpc) is 2.56. The van der Waals surface area contributed by atoms with Crippen molar-refractivity contribution in [2.75, 3.05) is 30.4 Å². The highest BCUT2D eigenvalue weighted by molar-refractivity contribution is 5.90. The quantitative estimate of drug-likeness (QED) is 0.793. The highest BCUT2D eigenvalue weighted by Crippen LogP contribution is 2.17. The molecule has 0 bridgehead atoms. The van der Waals surface area contributed by atoms with Crippen molar-refractivity contribution in [3.8, 4) is 0 Å². The minimum Gasteiger partial charge on any atom is -0.375 e. The summed E-state index contributed by atoms with van der Waals surface area (Å²) in [5, 5.41) is 5.82. The van der Waals surface area contributed by atoms with E-state index >= 15 is 0 Å². The maximum atomic E-state index is 12.0. The number of benzene rings is 2. The van der Waals surface area contributed by atoms with Crippen molar-refractivity contribution in [1.82, 2.24) is 5.32 Å². The Bertz CT molecular complexity index is 640. The standard InChI is InChI=1S/C19H25N3O/c1-15-9-7-12-18(16(15)2)21-19(23)20-13-8-14-22(3)17-10-5-4-6-11-17/h4-7,9-12H,8,13-14H2,1-3H3,(H2,20,21,23). The third-order valence-corrected chi connectivity index (χ3v) is 4.01. The van der Waals surface area contributed by atoms with Crippen LogP contribution >= 0.6 is 0 Å². The van der Waals surface area contributed by atoms with Crippen LogP contribution in [0.25, 0.3) is 0 Å². The van der Waals surface area contributed by atoms with Gasteiger partial charge in [0.25, 0.3) is 0 Å². The third kappa shape index (κ3) is 5.02. The van der Waals surface area contributed by atoms with Gasteiger partial charge in [-0.05, 0) is 49.6 Å². The van der Waals surface area contributed by atoms with Gasteiger partial charge in [-0.25, -0.2) is 4.79 Å². The predicted molar refractivity (Wildman–Crippen MR) is 97.3 cm³/mol. The van der Waals surface area contributed by atoms with Crippen molar-refractivity contribution in [3.05, 3.63) is 59.7 Å². The number of amides is 2. The molecule has 0 radical (unpaired) electrons. The average molecular weight is 311 g/mol. The molecule has 2 amide bonds. The Morgan fingerprint density at radius 1 is 1.04 bits per heavy atom. The van der Waals surface area contributed by atoms with Crippen LogP contribution in [0.15, 0.2) is 48.5 Å². The van der Waals surface area contributed by atoms with Crippen LogP contribution in [0.1, 0.15) is 17.5 Å². The number of urea groups is 1. The first kappa shape index (κ1) is 16.9. The fourth-order valence-corrected chi connectivity index (χ4v) is 2.38. The minimum atomic E-state index is -0.152. The van der Waals surface area contributed by atoms with Crippen molar-refractivity contribution < 1.29 is 4.79 Å². The SMILES string of the molecule is Cc1cccc(NC(=O)NCCCN(C)c2ccccc2)c1C. The van der Waals surface area contributed by atoms with Crippen molar-refractivity contribution >= 4 is 17.4 Å². The molecular weight excluding hydrogens is 286 g/mol. The number of hydrogen-bond donors (Lipinski definition) is 2. The molecule has 0 aliphatic heterocycles. The second-order valence-corrected chi connectivity index (χ2v) is 5.74.